The lowest BCUT2D eigenvalue weighted by Crippen LogP contribution is -2.35. The van der Waals surface area contributed by atoms with Gasteiger partial charge in [-0.05, 0) is 20.9 Å². The van der Waals surface area contributed by atoms with Crippen molar-refractivity contribution < 1.29 is 0 Å². The van der Waals surface area contributed by atoms with Crippen LogP contribution in [-0.2, 0) is 0 Å². The summed E-state index contributed by atoms with van der Waals surface area (Å²) >= 11 is 0. The van der Waals surface area contributed by atoms with Crippen LogP contribution in [0.2, 0.25) is 0 Å². The van der Waals surface area contributed by atoms with Gasteiger partial charge in [0.15, 0.2) is 0 Å². The van der Waals surface area contributed by atoms with Gasteiger partial charge in [-0.2, -0.15) is 0 Å². The molecule has 1 saturated heterocycles. The second kappa shape index (κ2) is 1.99. The minimum atomic E-state index is 0.148. The molecule has 2 heteroatoms. The van der Waals surface area contributed by atoms with Crippen LogP contribution in [0.3, 0.4) is 0 Å². The van der Waals surface area contributed by atoms with E-state index < -0.39 is 0 Å². The minimum Gasteiger partial charge on any atom is -0.364 e. The van der Waals surface area contributed by atoms with Gasteiger partial charge in [0, 0.05) is 12.7 Å². The average molecular weight is 140 g/mol. The Balaban J connectivity index is 2.85. The Morgan fingerprint density at radius 3 is 2.00 bits per heavy atom. The molecule has 1 fully saturated rings. The highest BCUT2D eigenvalue weighted by molar-refractivity contribution is 5.15. The minimum absolute atomic E-state index is 0.148. The van der Waals surface area contributed by atoms with Crippen LogP contribution in [0.15, 0.2) is 12.3 Å². The topological polar surface area (TPSA) is 6.48 Å². The van der Waals surface area contributed by atoms with Gasteiger partial charge in [0.05, 0.1) is 12.2 Å². The van der Waals surface area contributed by atoms with Crippen LogP contribution in [0.4, 0.5) is 0 Å². The lowest BCUT2D eigenvalue weighted by molar-refractivity contribution is 0.228. The number of hydrogen-bond acceptors (Lipinski definition) is 2. The summed E-state index contributed by atoms with van der Waals surface area (Å²) in [6.07, 6.45) is 0. The fourth-order valence-corrected chi connectivity index (χ4v) is 1.27. The van der Waals surface area contributed by atoms with E-state index in [1.807, 2.05) is 0 Å². The molecule has 0 atom stereocenters. The molecule has 0 aromatic heterocycles. The summed E-state index contributed by atoms with van der Waals surface area (Å²) in [5.74, 6) is 0. The summed E-state index contributed by atoms with van der Waals surface area (Å²) in [7, 11) is 4.20. The van der Waals surface area contributed by atoms with Crippen molar-refractivity contribution in [1.29, 1.82) is 0 Å². The van der Waals surface area contributed by atoms with Crippen molar-refractivity contribution in [3.63, 3.8) is 0 Å². The lowest BCUT2D eigenvalue weighted by Gasteiger charge is -2.26. The van der Waals surface area contributed by atoms with Gasteiger partial charge >= 0.3 is 0 Å². The first kappa shape index (κ1) is 7.61. The maximum atomic E-state index is 4.02. The van der Waals surface area contributed by atoms with Crippen LogP contribution >= 0.6 is 0 Å². The first-order chi connectivity index (χ1) is 4.46. The lowest BCUT2D eigenvalue weighted by atomic mass is 10.0. The predicted molar refractivity (Wildman–Crippen MR) is 43.6 cm³/mol. The number of hydrogen-bond donors (Lipinski definition) is 0. The van der Waals surface area contributed by atoms with Crippen molar-refractivity contribution >= 4 is 0 Å². The van der Waals surface area contributed by atoms with E-state index >= 15 is 0 Å². The Bertz CT molecular complexity index is 161. The zero-order chi connectivity index (χ0) is 7.94. The van der Waals surface area contributed by atoms with Crippen LogP contribution in [-0.4, -0.2) is 36.1 Å². The van der Waals surface area contributed by atoms with Crippen LogP contribution in [0, 0.1) is 0 Å². The second-order valence-electron chi connectivity index (χ2n) is 3.54. The van der Waals surface area contributed by atoms with E-state index in [0.29, 0.717) is 0 Å². The van der Waals surface area contributed by atoms with E-state index in [9.17, 15) is 0 Å². The fraction of sp³-hybridized carbons (Fsp3) is 0.750. The predicted octanol–water partition coefficient (Wildman–Crippen LogP) is 1.11. The molecule has 58 valence electrons. The number of nitrogens with zero attached hydrogens (tertiary/aromatic N) is 2. The summed E-state index contributed by atoms with van der Waals surface area (Å²) in [6.45, 7) is 9.40. The molecule has 1 aliphatic heterocycles. The van der Waals surface area contributed by atoms with E-state index in [4.69, 9.17) is 0 Å². The smallest absolute Gasteiger partial charge is 0.0706 e. The van der Waals surface area contributed by atoms with Crippen LogP contribution in [0.1, 0.15) is 13.8 Å². The molecule has 0 saturated carbocycles. The Morgan fingerprint density at radius 1 is 1.40 bits per heavy atom. The third-order valence-corrected chi connectivity index (χ3v) is 2.55. The van der Waals surface area contributed by atoms with E-state index in [-0.39, 0.29) is 5.54 Å². The molecule has 0 N–H and O–H groups in total. The summed E-state index contributed by atoms with van der Waals surface area (Å²) in [4.78, 5) is 4.47. The van der Waals surface area contributed by atoms with Gasteiger partial charge in [-0.3, -0.25) is 4.90 Å². The maximum absolute atomic E-state index is 4.02. The van der Waals surface area contributed by atoms with Gasteiger partial charge in [0.1, 0.15) is 0 Å². The van der Waals surface area contributed by atoms with E-state index in [1.54, 1.807) is 0 Å². The van der Waals surface area contributed by atoms with E-state index in [0.717, 1.165) is 6.67 Å². The Morgan fingerprint density at radius 2 is 1.90 bits per heavy atom. The number of rotatable bonds is 0. The molecule has 0 amide bonds. The SMILES string of the molecule is C=C1N(C)CN(C)C1(C)C. The molecule has 0 aromatic rings. The second-order valence-corrected chi connectivity index (χ2v) is 3.54. The zero-order valence-electron chi connectivity index (χ0n) is 7.31. The highest BCUT2D eigenvalue weighted by Crippen LogP contribution is 2.29. The van der Waals surface area contributed by atoms with Gasteiger partial charge < -0.3 is 4.90 Å². The summed E-state index contributed by atoms with van der Waals surface area (Å²) in [6, 6.07) is 0. The standard InChI is InChI=1S/C8H16N2/c1-7-8(2,3)10(5)6-9(7)4/h1,6H2,2-5H3. The Labute approximate surface area is 63.1 Å². The highest BCUT2D eigenvalue weighted by Gasteiger charge is 2.35. The molecule has 0 spiro atoms. The van der Waals surface area contributed by atoms with Crippen molar-refractivity contribution in [1.82, 2.24) is 9.80 Å². The molecule has 0 aromatic carbocycles. The molecular formula is C8H16N2. The molecule has 0 aliphatic carbocycles. The van der Waals surface area contributed by atoms with Crippen molar-refractivity contribution in [2.45, 2.75) is 19.4 Å². The van der Waals surface area contributed by atoms with Crippen LogP contribution < -0.4 is 0 Å². The fourth-order valence-electron chi connectivity index (χ4n) is 1.27. The van der Waals surface area contributed by atoms with Crippen molar-refractivity contribution in [2.75, 3.05) is 20.8 Å². The number of likely N-dealkylation sites (N-methyl/N-ethyl adjacent to an activating group) is 2. The highest BCUT2D eigenvalue weighted by atomic mass is 15.4. The normalized spacial score (nSPS) is 26.0. The first-order valence-electron chi connectivity index (χ1n) is 3.58. The molecule has 1 rings (SSSR count). The Hall–Kier alpha value is -0.500. The molecule has 0 unspecified atom stereocenters. The average Bonchev–Trinajstić information content (AvgIpc) is 1.97. The van der Waals surface area contributed by atoms with Gasteiger partial charge in [-0.15, -0.1) is 0 Å². The summed E-state index contributed by atoms with van der Waals surface area (Å²) in [5, 5.41) is 0. The van der Waals surface area contributed by atoms with Crippen molar-refractivity contribution in [3.05, 3.63) is 12.3 Å². The van der Waals surface area contributed by atoms with E-state index in [1.165, 1.54) is 5.70 Å². The van der Waals surface area contributed by atoms with Crippen molar-refractivity contribution in [3.8, 4) is 0 Å². The summed E-state index contributed by atoms with van der Waals surface area (Å²) in [5.41, 5.74) is 1.35. The first-order valence-corrected chi connectivity index (χ1v) is 3.58. The summed E-state index contributed by atoms with van der Waals surface area (Å²) < 4.78 is 0. The molecule has 1 aliphatic rings. The van der Waals surface area contributed by atoms with Crippen LogP contribution in [0.5, 0.6) is 0 Å². The zero-order valence-corrected chi connectivity index (χ0v) is 7.31. The van der Waals surface area contributed by atoms with Crippen molar-refractivity contribution in [2.24, 2.45) is 0 Å². The monoisotopic (exact) mass is 140 g/mol. The molecule has 0 radical (unpaired) electrons. The Kier molecular flexibility index (Phi) is 1.51. The van der Waals surface area contributed by atoms with Crippen LogP contribution in [0.25, 0.3) is 0 Å². The molecular weight excluding hydrogens is 124 g/mol. The van der Waals surface area contributed by atoms with Gasteiger partial charge in [0.2, 0.25) is 0 Å². The largest absolute Gasteiger partial charge is 0.364 e. The van der Waals surface area contributed by atoms with Gasteiger partial charge in [-0.25, -0.2) is 0 Å². The third kappa shape index (κ3) is 0.833. The molecule has 0 bridgehead atoms. The molecule has 1 heterocycles. The molecule has 2 nitrogen and oxygen atoms in total. The van der Waals surface area contributed by atoms with E-state index in [2.05, 4.69) is 44.3 Å². The quantitative estimate of drug-likeness (QED) is 0.497. The van der Waals surface area contributed by atoms with Gasteiger partial charge in [0.25, 0.3) is 0 Å². The maximum Gasteiger partial charge on any atom is 0.0706 e. The molecule has 10 heavy (non-hydrogen) atoms. The van der Waals surface area contributed by atoms with Gasteiger partial charge in [-0.1, -0.05) is 6.58 Å². The third-order valence-electron chi connectivity index (χ3n) is 2.55.